The number of rotatable bonds is 4. The minimum absolute atomic E-state index is 0.0879. The summed E-state index contributed by atoms with van der Waals surface area (Å²) in [7, 11) is 0. The Morgan fingerprint density at radius 2 is 2.00 bits per heavy atom. The number of amides is 1. The molecule has 1 amide bonds. The van der Waals surface area contributed by atoms with Gasteiger partial charge in [0.2, 0.25) is 5.91 Å². The highest BCUT2D eigenvalue weighted by Crippen LogP contribution is 2.34. The quantitative estimate of drug-likeness (QED) is 0.631. The summed E-state index contributed by atoms with van der Waals surface area (Å²) < 4.78 is 2.22. The molecule has 0 spiro atoms. The fourth-order valence-corrected chi connectivity index (χ4v) is 4.06. The van der Waals surface area contributed by atoms with Gasteiger partial charge in [0, 0.05) is 31.1 Å². The molecule has 3 aromatic rings. The Morgan fingerprint density at radius 3 is 2.74 bits per heavy atom. The number of carbonyl (C=O) groups excluding carboxylic acids is 1. The lowest BCUT2D eigenvalue weighted by atomic mass is 10.1. The summed E-state index contributed by atoms with van der Waals surface area (Å²) in [5, 5.41) is 0. The number of fused-ring (bicyclic) bond motifs is 1. The number of anilines is 1. The predicted molar refractivity (Wildman–Crippen MR) is 110 cm³/mol. The summed E-state index contributed by atoms with van der Waals surface area (Å²) in [5.74, 6) is 1.24. The number of allylic oxidation sites excluding steroid dienone is 1. The second-order valence-electron chi connectivity index (χ2n) is 7.70. The van der Waals surface area contributed by atoms with Crippen LogP contribution in [0.15, 0.2) is 54.6 Å². The van der Waals surface area contributed by atoms with E-state index in [0.29, 0.717) is 13.0 Å². The fourth-order valence-electron chi connectivity index (χ4n) is 4.06. The SMILES string of the molecule is C=C(C)Cn1c([C@@H]2CC(=O)N(c3ccc(C)cc3C)C2)nc2ccccc21. The third-order valence-electron chi connectivity index (χ3n) is 5.25. The van der Waals surface area contributed by atoms with Crippen LogP contribution in [-0.4, -0.2) is 22.0 Å². The van der Waals surface area contributed by atoms with E-state index in [1.807, 2.05) is 30.0 Å². The molecular formula is C23H25N3O. The van der Waals surface area contributed by atoms with Gasteiger partial charge in [0.05, 0.1) is 11.0 Å². The first-order chi connectivity index (χ1) is 12.9. The van der Waals surface area contributed by atoms with Crippen LogP contribution in [0.4, 0.5) is 5.69 Å². The predicted octanol–water partition coefficient (Wildman–Crippen LogP) is 4.75. The molecule has 0 saturated carbocycles. The van der Waals surface area contributed by atoms with E-state index in [1.165, 1.54) is 5.56 Å². The van der Waals surface area contributed by atoms with Crippen molar-refractivity contribution in [3.05, 3.63) is 71.6 Å². The Balaban J connectivity index is 1.72. The Labute approximate surface area is 160 Å². The number of hydrogen-bond acceptors (Lipinski definition) is 2. The Kier molecular flexibility index (Phi) is 4.34. The molecule has 0 radical (unpaired) electrons. The van der Waals surface area contributed by atoms with Gasteiger partial charge in [-0.3, -0.25) is 4.79 Å². The zero-order valence-corrected chi connectivity index (χ0v) is 16.2. The maximum Gasteiger partial charge on any atom is 0.227 e. The molecule has 1 fully saturated rings. The summed E-state index contributed by atoms with van der Waals surface area (Å²) in [5.41, 5.74) is 6.52. The number of hydrogen-bond donors (Lipinski definition) is 0. The number of aromatic nitrogens is 2. The van der Waals surface area contributed by atoms with Crippen LogP contribution in [0.1, 0.15) is 36.2 Å². The molecule has 4 heteroatoms. The second-order valence-corrected chi connectivity index (χ2v) is 7.70. The van der Waals surface area contributed by atoms with Gasteiger partial charge in [0.15, 0.2) is 0 Å². The molecule has 1 aliphatic heterocycles. The highest BCUT2D eigenvalue weighted by Gasteiger charge is 2.35. The topological polar surface area (TPSA) is 38.1 Å². The molecule has 4 nitrogen and oxygen atoms in total. The van der Waals surface area contributed by atoms with Gasteiger partial charge >= 0.3 is 0 Å². The molecule has 138 valence electrons. The van der Waals surface area contributed by atoms with E-state index >= 15 is 0 Å². The second kappa shape index (κ2) is 6.69. The van der Waals surface area contributed by atoms with Gasteiger partial charge in [-0.1, -0.05) is 42.0 Å². The molecule has 27 heavy (non-hydrogen) atoms. The third-order valence-corrected chi connectivity index (χ3v) is 5.25. The van der Waals surface area contributed by atoms with Gasteiger partial charge in [-0.25, -0.2) is 4.98 Å². The summed E-state index contributed by atoms with van der Waals surface area (Å²) in [6.07, 6.45) is 0.493. The first-order valence-corrected chi connectivity index (χ1v) is 9.41. The largest absolute Gasteiger partial charge is 0.324 e. The van der Waals surface area contributed by atoms with Crippen LogP contribution < -0.4 is 4.90 Å². The van der Waals surface area contributed by atoms with Crippen LogP contribution >= 0.6 is 0 Å². The molecule has 1 aliphatic rings. The minimum Gasteiger partial charge on any atom is -0.324 e. The average molecular weight is 359 g/mol. The summed E-state index contributed by atoms with van der Waals surface area (Å²) in [4.78, 5) is 19.6. The molecule has 1 aromatic heterocycles. The van der Waals surface area contributed by atoms with Gasteiger partial charge in [-0.15, -0.1) is 0 Å². The van der Waals surface area contributed by atoms with Gasteiger partial charge in [0.25, 0.3) is 0 Å². The van der Waals surface area contributed by atoms with Crippen molar-refractivity contribution < 1.29 is 4.79 Å². The normalized spacial score (nSPS) is 17.1. The molecule has 0 unspecified atom stereocenters. The number of benzene rings is 2. The lowest BCUT2D eigenvalue weighted by molar-refractivity contribution is -0.117. The first-order valence-electron chi connectivity index (χ1n) is 9.41. The highest BCUT2D eigenvalue weighted by molar-refractivity contribution is 5.97. The van der Waals surface area contributed by atoms with E-state index < -0.39 is 0 Å². The molecule has 1 saturated heterocycles. The van der Waals surface area contributed by atoms with Gasteiger partial charge in [-0.05, 0) is 44.5 Å². The van der Waals surface area contributed by atoms with Gasteiger partial charge in [0.1, 0.15) is 5.82 Å². The van der Waals surface area contributed by atoms with Crippen molar-refractivity contribution in [3.8, 4) is 0 Å². The van der Waals surface area contributed by atoms with E-state index in [-0.39, 0.29) is 11.8 Å². The zero-order valence-electron chi connectivity index (χ0n) is 16.2. The zero-order chi connectivity index (χ0) is 19.1. The lowest BCUT2D eigenvalue weighted by Crippen LogP contribution is -2.25. The summed E-state index contributed by atoms with van der Waals surface area (Å²) in [6, 6.07) is 14.4. The molecule has 0 aliphatic carbocycles. The minimum atomic E-state index is 0.0879. The van der Waals surface area contributed by atoms with Crippen LogP contribution in [0.2, 0.25) is 0 Å². The van der Waals surface area contributed by atoms with Crippen molar-refractivity contribution in [2.45, 2.75) is 39.7 Å². The standard InChI is InChI=1S/C23H25N3O/c1-15(2)13-26-21-8-6-5-7-19(21)24-23(26)18-12-22(27)25(14-18)20-10-9-16(3)11-17(20)4/h5-11,18H,1,12-14H2,2-4H3/t18-/m1/s1. The summed E-state index contributed by atoms with van der Waals surface area (Å²) in [6.45, 7) is 11.6. The van der Waals surface area contributed by atoms with E-state index in [2.05, 4.69) is 49.3 Å². The number of nitrogens with zero attached hydrogens (tertiary/aromatic N) is 3. The first kappa shape index (κ1) is 17.5. The molecular weight excluding hydrogens is 334 g/mol. The van der Waals surface area contributed by atoms with Crippen molar-refractivity contribution in [2.75, 3.05) is 11.4 Å². The fraction of sp³-hybridized carbons (Fsp3) is 0.304. The molecule has 2 aromatic carbocycles. The number of imidazole rings is 1. The number of aryl methyl sites for hydroxylation is 2. The summed E-state index contributed by atoms with van der Waals surface area (Å²) >= 11 is 0. The number of para-hydroxylation sites is 2. The maximum atomic E-state index is 12.8. The Hall–Kier alpha value is -2.88. The van der Waals surface area contributed by atoms with E-state index in [0.717, 1.165) is 40.2 Å². The third kappa shape index (κ3) is 3.16. The van der Waals surface area contributed by atoms with Gasteiger partial charge < -0.3 is 9.47 Å². The average Bonchev–Trinajstić information content (AvgIpc) is 3.16. The van der Waals surface area contributed by atoms with Crippen LogP contribution in [0.5, 0.6) is 0 Å². The van der Waals surface area contributed by atoms with Crippen molar-refractivity contribution in [3.63, 3.8) is 0 Å². The smallest absolute Gasteiger partial charge is 0.227 e. The maximum absolute atomic E-state index is 12.8. The molecule has 0 N–H and O–H groups in total. The van der Waals surface area contributed by atoms with Crippen LogP contribution in [0.3, 0.4) is 0 Å². The molecule has 4 rings (SSSR count). The van der Waals surface area contributed by atoms with Crippen LogP contribution in [-0.2, 0) is 11.3 Å². The van der Waals surface area contributed by atoms with E-state index in [4.69, 9.17) is 4.98 Å². The van der Waals surface area contributed by atoms with E-state index in [9.17, 15) is 4.79 Å². The number of carbonyl (C=O) groups is 1. The highest BCUT2D eigenvalue weighted by atomic mass is 16.2. The van der Waals surface area contributed by atoms with Crippen molar-refractivity contribution in [2.24, 2.45) is 0 Å². The van der Waals surface area contributed by atoms with Crippen LogP contribution in [0, 0.1) is 13.8 Å². The molecule has 2 heterocycles. The molecule has 0 bridgehead atoms. The van der Waals surface area contributed by atoms with Crippen LogP contribution in [0.25, 0.3) is 11.0 Å². The van der Waals surface area contributed by atoms with Crippen molar-refractivity contribution >= 4 is 22.6 Å². The molecule has 1 atom stereocenters. The van der Waals surface area contributed by atoms with Crippen molar-refractivity contribution in [1.82, 2.24) is 9.55 Å². The van der Waals surface area contributed by atoms with Gasteiger partial charge in [-0.2, -0.15) is 0 Å². The van der Waals surface area contributed by atoms with Crippen molar-refractivity contribution in [1.29, 1.82) is 0 Å². The Morgan fingerprint density at radius 1 is 1.22 bits per heavy atom. The lowest BCUT2D eigenvalue weighted by Gasteiger charge is -2.20. The van der Waals surface area contributed by atoms with E-state index in [1.54, 1.807) is 0 Å². The monoisotopic (exact) mass is 359 g/mol. The Bertz CT molecular complexity index is 1050.